The Kier molecular flexibility index (Phi) is 9.87. The molecule has 2 rings (SSSR count). The predicted octanol–water partition coefficient (Wildman–Crippen LogP) is 3.96. The van der Waals surface area contributed by atoms with Crippen LogP contribution in [0.15, 0.2) is 48.5 Å². The lowest BCUT2D eigenvalue weighted by molar-refractivity contribution is -0.143. The van der Waals surface area contributed by atoms with Crippen LogP contribution in [-0.4, -0.2) is 48.8 Å². The maximum atomic E-state index is 11.8. The topological polar surface area (TPSA) is 76.1 Å². The van der Waals surface area contributed by atoms with E-state index in [1.165, 1.54) is 7.11 Å². The van der Waals surface area contributed by atoms with Gasteiger partial charge in [0.15, 0.2) is 0 Å². The van der Waals surface area contributed by atoms with E-state index in [0.717, 1.165) is 37.1 Å². The van der Waals surface area contributed by atoms with Gasteiger partial charge in [0, 0.05) is 19.5 Å². The van der Waals surface area contributed by atoms with Crippen molar-refractivity contribution in [2.75, 3.05) is 26.8 Å². The van der Waals surface area contributed by atoms with Crippen molar-refractivity contribution in [3.63, 3.8) is 0 Å². The lowest BCUT2D eigenvalue weighted by Crippen LogP contribution is -2.27. The monoisotopic (exact) mass is 413 g/mol. The first-order valence-electron chi connectivity index (χ1n) is 10.4. The van der Waals surface area contributed by atoms with Gasteiger partial charge in [0.25, 0.3) is 0 Å². The second kappa shape index (κ2) is 12.6. The third-order valence-corrected chi connectivity index (χ3v) is 4.85. The molecule has 0 aliphatic carbocycles. The van der Waals surface area contributed by atoms with Crippen LogP contribution in [0.1, 0.15) is 47.7 Å². The highest BCUT2D eigenvalue weighted by Crippen LogP contribution is 2.18. The zero-order valence-electron chi connectivity index (χ0n) is 17.8. The van der Waals surface area contributed by atoms with Gasteiger partial charge in [-0.15, -0.1) is 0 Å². The predicted molar refractivity (Wildman–Crippen MR) is 115 cm³/mol. The Labute approximate surface area is 178 Å². The number of aromatic hydroxyl groups is 1. The summed E-state index contributed by atoms with van der Waals surface area (Å²) < 4.78 is 9.80. The minimum absolute atomic E-state index is 0.163. The van der Waals surface area contributed by atoms with Crippen LogP contribution >= 0.6 is 0 Å². The third kappa shape index (κ3) is 7.87. The summed E-state index contributed by atoms with van der Waals surface area (Å²) in [6.07, 6.45) is 2.74. The van der Waals surface area contributed by atoms with Crippen molar-refractivity contribution in [3.8, 4) is 5.75 Å². The molecule has 0 aliphatic heterocycles. The summed E-state index contributed by atoms with van der Waals surface area (Å²) in [7, 11) is 1.37. The van der Waals surface area contributed by atoms with E-state index in [0.29, 0.717) is 37.3 Å². The number of nitrogens with zero attached hydrogens (tertiary/aromatic N) is 1. The highest BCUT2D eigenvalue weighted by molar-refractivity contribution is 5.89. The van der Waals surface area contributed by atoms with Crippen molar-refractivity contribution < 1.29 is 24.2 Å². The average Bonchev–Trinajstić information content (AvgIpc) is 2.75. The molecular weight excluding hydrogens is 382 g/mol. The molecule has 0 bridgehead atoms. The third-order valence-electron chi connectivity index (χ3n) is 4.85. The van der Waals surface area contributed by atoms with E-state index in [1.807, 2.05) is 36.4 Å². The first-order valence-corrected chi connectivity index (χ1v) is 10.4. The number of esters is 2. The zero-order valence-corrected chi connectivity index (χ0v) is 17.8. The van der Waals surface area contributed by atoms with E-state index in [9.17, 15) is 14.7 Å². The smallest absolute Gasteiger partial charge is 0.337 e. The molecule has 2 aromatic rings. The molecule has 6 heteroatoms. The molecule has 0 unspecified atom stereocenters. The Morgan fingerprint density at radius 1 is 1.03 bits per heavy atom. The van der Waals surface area contributed by atoms with Crippen molar-refractivity contribution in [3.05, 3.63) is 65.2 Å². The maximum Gasteiger partial charge on any atom is 0.337 e. The molecule has 0 saturated carbocycles. The van der Waals surface area contributed by atoms with Crippen molar-refractivity contribution in [1.29, 1.82) is 0 Å². The summed E-state index contributed by atoms with van der Waals surface area (Å²) in [4.78, 5) is 25.6. The quantitative estimate of drug-likeness (QED) is 0.419. The summed E-state index contributed by atoms with van der Waals surface area (Å²) in [6.45, 7) is 4.43. The Morgan fingerprint density at radius 2 is 1.83 bits per heavy atom. The van der Waals surface area contributed by atoms with Crippen molar-refractivity contribution in [2.45, 2.75) is 39.2 Å². The molecule has 6 nitrogen and oxygen atoms in total. The van der Waals surface area contributed by atoms with Gasteiger partial charge in [-0.25, -0.2) is 4.79 Å². The van der Waals surface area contributed by atoms with Gasteiger partial charge in [-0.3, -0.25) is 9.69 Å². The highest BCUT2D eigenvalue weighted by atomic mass is 16.5. The number of hydrogen-bond acceptors (Lipinski definition) is 6. The van der Waals surface area contributed by atoms with Gasteiger partial charge < -0.3 is 14.6 Å². The lowest BCUT2D eigenvalue weighted by Gasteiger charge is -2.23. The fraction of sp³-hybridized carbons (Fsp3) is 0.417. The molecule has 0 aliphatic rings. The Bertz CT molecular complexity index is 821. The van der Waals surface area contributed by atoms with Crippen LogP contribution in [0.4, 0.5) is 0 Å². The Morgan fingerprint density at radius 3 is 2.57 bits per heavy atom. The standard InChI is InChI=1S/C24H31NO5/c1-3-30-23(27)13-6-7-15-25(16-14-20-10-4-5-12-22(20)26)18-19-9-8-11-21(17-19)24(28)29-2/h4-5,8-12,17,26H,3,6-7,13-16,18H2,1-2H3. The summed E-state index contributed by atoms with van der Waals surface area (Å²) in [5, 5.41) is 10.0. The second-order valence-electron chi connectivity index (χ2n) is 7.11. The van der Waals surface area contributed by atoms with E-state index in [4.69, 9.17) is 9.47 Å². The molecule has 0 saturated heterocycles. The van der Waals surface area contributed by atoms with Crippen LogP contribution in [0, 0.1) is 0 Å². The molecule has 162 valence electrons. The molecule has 0 heterocycles. The van der Waals surface area contributed by atoms with Crippen LogP contribution < -0.4 is 0 Å². The number of phenols is 1. The first kappa shape index (κ1) is 23.4. The zero-order chi connectivity index (χ0) is 21.8. The van der Waals surface area contributed by atoms with E-state index in [-0.39, 0.29) is 11.9 Å². The number of rotatable bonds is 12. The normalized spacial score (nSPS) is 10.8. The number of unbranched alkanes of at least 4 members (excludes halogenated alkanes) is 1. The van der Waals surface area contributed by atoms with Gasteiger partial charge in [-0.2, -0.15) is 0 Å². The fourth-order valence-electron chi connectivity index (χ4n) is 3.28. The van der Waals surface area contributed by atoms with Crippen LogP contribution in [-0.2, 0) is 27.2 Å². The number of carbonyl (C=O) groups excluding carboxylic acids is 2. The second-order valence-corrected chi connectivity index (χ2v) is 7.11. The molecule has 0 fully saturated rings. The van der Waals surface area contributed by atoms with E-state index >= 15 is 0 Å². The number of hydrogen-bond donors (Lipinski definition) is 1. The number of methoxy groups -OCH3 is 1. The SMILES string of the molecule is CCOC(=O)CCCCN(CCc1ccccc1O)Cc1cccc(C(=O)OC)c1. The van der Waals surface area contributed by atoms with Gasteiger partial charge in [-0.1, -0.05) is 30.3 Å². The summed E-state index contributed by atoms with van der Waals surface area (Å²) in [5.74, 6) is -0.219. The Balaban J connectivity index is 2.00. The van der Waals surface area contributed by atoms with Gasteiger partial charge in [0.1, 0.15) is 5.75 Å². The summed E-state index contributed by atoms with van der Waals surface area (Å²) >= 11 is 0. The first-order chi connectivity index (χ1) is 14.5. The van der Waals surface area contributed by atoms with Crippen LogP contribution in [0.5, 0.6) is 5.75 Å². The molecule has 1 N–H and O–H groups in total. The minimum atomic E-state index is -0.355. The molecular formula is C24H31NO5. The van der Waals surface area contributed by atoms with Crippen LogP contribution in [0.25, 0.3) is 0 Å². The number of ether oxygens (including phenoxy) is 2. The number of benzene rings is 2. The molecule has 0 radical (unpaired) electrons. The van der Waals surface area contributed by atoms with Crippen LogP contribution in [0.2, 0.25) is 0 Å². The van der Waals surface area contributed by atoms with E-state index in [1.54, 1.807) is 19.1 Å². The molecule has 0 amide bonds. The Hall–Kier alpha value is -2.86. The molecule has 0 spiro atoms. The van der Waals surface area contributed by atoms with Gasteiger partial charge in [0.05, 0.1) is 19.3 Å². The average molecular weight is 414 g/mol. The maximum absolute atomic E-state index is 11.8. The van der Waals surface area contributed by atoms with E-state index in [2.05, 4.69) is 4.90 Å². The minimum Gasteiger partial charge on any atom is -0.508 e. The highest BCUT2D eigenvalue weighted by Gasteiger charge is 2.11. The molecule has 0 atom stereocenters. The summed E-state index contributed by atoms with van der Waals surface area (Å²) in [6, 6.07) is 14.8. The summed E-state index contributed by atoms with van der Waals surface area (Å²) in [5.41, 5.74) is 2.44. The van der Waals surface area contributed by atoms with E-state index < -0.39 is 0 Å². The number of para-hydroxylation sites is 1. The number of phenolic OH excluding ortho intramolecular Hbond substituents is 1. The van der Waals surface area contributed by atoms with Gasteiger partial charge in [0.2, 0.25) is 0 Å². The molecule has 0 aromatic heterocycles. The largest absolute Gasteiger partial charge is 0.508 e. The van der Waals surface area contributed by atoms with Gasteiger partial charge in [-0.05, 0) is 62.1 Å². The number of carbonyl (C=O) groups is 2. The molecule has 2 aromatic carbocycles. The van der Waals surface area contributed by atoms with Crippen molar-refractivity contribution in [2.24, 2.45) is 0 Å². The fourth-order valence-corrected chi connectivity index (χ4v) is 3.28. The molecule has 30 heavy (non-hydrogen) atoms. The van der Waals surface area contributed by atoms with Gasteiger partial charge >= 0.3 is 11.9 Å². The van der Waals surface area contributed by atoms with Crippen molar-refractivity contribution in [1.82, 2.24) is 4.90 Å². The van der Waals surface area contributed by atoms with Crippen LogP contribution in [0.3, 0.4) is 0 Å². The lowest BCUT2D eigenvalue weighted by atomic mass is 10.1. The van der Waals surface area contributed by atoms with Crippen molar-refractivity contribution >= 4 is 11.9 Å².